The highest BCUT2D eigenvalue weighted by Gasteiger charge is 1.90. The van der Waals surface area contributed by atoms with Gasteiger partial charge in [-0.15, -0.1) is 0 Å². The van der Waals surface area contributed by atoms with E-state index in [0.29, 0.717) is 26.4 Å². The minimum atomic E-state index is 0.647. The molecule has 15 heavy (non-hydrogen) atoms. The zero-order valence-electron chi connectivity index (χ0n) is 10.1. The molecule has 0 heterocycles. The lowest BCUT2D eigenvalue weighted by atomic mass is 10.3. The highest BCUT2D eigenvalue weighted by Crippen LogP contribution is 1.82. The van der Waals surface area contributed by atoms with E-state index in [0.717, 1.165) is 19.7 Å². The second kappa shape index (κ2) is 13.8. The average Bonchev–Trinajstić information content (AvgIpc) is 2.26. The van der Waals surface area contributed by atoms with Crippen LogP contribution in [-0.2, 0) is 14.2 Å². The number of hydrogen-bond donors (Lipinski definition) is 1. The maximum atomic E-state index is 5.37. The maximum absolute atomic E-state index is 5.37. The standard InChI is InChI=1S/C11H25NO3/c1-3-4-5-12-6-7-14-10-11-15-9-8-13-2/h12H,3-11H2,1-2H3. The van der Waals surface area contributed by atoms with Crippen LogP contribution in [0.25, 0.3) is 0 Å². The third kappa shape index (κ3) is 13.8. The molecule has 0 aliphatic rings. The van der Waals surface area contributed by atoms with E-state index >= 15 is 0 Å². The van der Waals surface area contributed by atoms with Crippen molar-refractivity contribution in [3.63, 3.8) is 0 Å². The van der Waals surface area contributed by atoms with Crippen LogP contribution in [0, 0.1) is 0 Å². The van der Waals surface area contributed by atoms with Gasteiger partial charge in [-0.2, -0.15) is 0 Å². The first-order valence-corrected chi connectivity index (χ1v) is 5.77. The normalized spacial score (nSPS) is 10.8. The van der Waals surface area contributed by atoms with E-state index in [2.05, 4.69) is 12.2 Å². The van der Waals surface area contributed by atoms with Crippen molar-refractivity contribution in [2.24, 2.45) is 0 Å². The van der Waals surface area contributed by atoms with Crippen molar-refractivity contribution in [3.05, 3.63) is 0 Å². The van der Waals surface area contributed by atoms with Crippen LogP contribution in [0.4, 0.5) is 0 Å². The van der Waals surface area contributed by atoms with Gasteiger partial charge in [0, 0.05) is 13.7 Å². The van der Waals surface area contributed by atoms with E-state index < -0.39 is 0 Å². The Kier molecular flexibility index (Phi) is 13.7. The number of nitrogens with one attached hydrogen (secondary N) is 1. The van der Waals surface area contributed by atoms with Gasteiger partial charge in [-0.05, 0) is 13.0 Å². The molecule has 4 nitrogen and oxygen atoms in total. The van der Waals surface area contributed by atoms with Gasteiger partial charge in [0.1, 0.15) is 0 Å². The van der Waals surface area contributed by atoms with Crippen molar-refractivity contribution in [1.82, 2.24) is 5.32 Å². The Bertz CT molecular complexity index is 100. The smallest absolute Gasteiger partial charge is 0.0701 e. The molecule has 0 saturated carbocycles. The first-order chi connectivity index (χ1) is 7.41. The van der Waals surface area contributed by atoms with Gasteiger partial charge in [-0.1, -0.05) is 13.3 Å². The van der Waals surface area contributed by atoms with Gasteiger partial charge in [0.05, 0.1) is 33.0 Å². The van der Waals surface area contributed by atoms with Crippen molar-refractivity contribution in [1.29, 1.82) is 0 Å². The molecule has 0 amide bonds. The van der Waals surface area contributed by atoms with Crippen molar-refractivity contribution in [2.75, 3.05) is 53.2 Å². The quantitative estimate of drug-likeness (QED) is 0.498. The zero-order valence-corrected chi connectivity index (χ0v) is 10.1. The molecule has 0 bridgehead atoms. The predicted octanol–water partition coefficient (Wildman–Crippen LogP) is 1.06. The zero-order chi connectivity index (χ0) is 11.2. The Morgan fingerprint density at radius 1 is 0.867 bits per heavy atom. The molecule has 4 heteroatoms. The van der Waals surface area contributed by atoms with Crippen LogP contribution >= 0.6 is 0 Å². The lowest BCUT2D eigenvalue weighted by Crippen LogP contribution is -2.21. The molecule has 0 aromatic carbocycles. The van der Waals surface area contributed by atoms with Crippen LogP contribution < -0.4 is 5.32 Å². The van der Waals surface area contributed by atoms with E-state index in [1.165, 1.54) is 12.8 Å². The number of ether oxygens (including phenoxy) is 3. The van der Waals surface area contributed by atoms with Gasteiger partial charge < -0.3 is 19.5 Å². The van der Waals surface area contributed by atoms with Gasteiger partial charge in [-0.25, -0.2) is 0 Å². The molecule has 0 spiro atoms. The molecular weight excluding hydrogens is 194 g/mol. The van der Waals surface area contributed by atoms with E-state index in [4.69, 9.17) is 14.2 Å². The van der Waals surface area contributed by atoms with Crippen LogP contribution in [0.1, 0.15) is 19.8 Å². The summed E-state index contributed by atoms with van der Waals surface area (Å²) in [6, 6.07) is 0. The highest BCUT2D eigenvalue weighted by atomic mass is 16.5. The van der Waals surface area contributed by atoms with E-state index in [1.54, 1.807) is 7.11 Å². The second-order valence-corrected chi connectivity index (χ2v) is 3.32. The van der Waals surface area contributed by atoms with Crippen LogP contribution in [0.3, 0.4) is 0 Å². The summed E-state index contributed by atoms with van der Waals surface area (Å²) >= 11 is 0. The van der Waals surface area contributed by atoms with Crippen molar-refractivity contribution in [2.45, 2.75) is 19.8 Å². The lowest BCUT2D eigenvalue weighted by molar-refractivity contribution is 0.0256. The van der Waals surface area contributed by atoms with Crippen molar-refractivity contribution < 1.29 is 14.2 Å². The van der Waals surface area contributed by atoms with Crippen LogP contribution in [0.5, 0.6) is 0 Å². The topological polar surface area (TPSA) is 39.7 Å². The molecule has 0 aliphatic heterocycles. The molecule has 0 rings (SSSR count). The SMILES string of the molecule is CCCCNCCOCCOCCOC. The molecule has 0 atom stereocenters. The van der Waals surface area contributed by atoms with Gasteiger partial charge in [0.15, 0.2) is 0 Å². The summed E-state index contributed by atoms with van der Waals surface area (Å²) in [4.78, 5) is 0. The third-order valence-electron chi connectivity index (χ3n) is 1.93. The largest absolute Gasteiger partial charge is 0.382 e. The molecule has 0 saturated heterocycles. The van der Waals surface area contributed by atoms with Gasteiger partial charge >= 0.3 is 0 Å². The first-order valence-electron chi connectivity index (χ1n) is 5.77. The number of methoxy groups -OCH3 is 1. The van der Waals surface area contributed by atoms with E-state index in [9.17, 15) is 0 Å². The highest BCUT2D eigenvalue weighted by molar-refractivity contribution is 4.45. The fourth-order valence-electron chi connectivity index (χ4n) is 1.04. The Hall–Kier alpha value is -0.160. The van der Waals surface area contributed by atoms with Crippen LogP contribution in [-0.4, -0.2) is 53.2 Å². The van der Waals surface area contributed by atoms with E-state index in [1.807, 2.05) is 0 Å². The Morgan fingerprint density at radius 2 is 1.53 bits per heavy atom. The minimum absolute atomic E-state index is 0.647. The molecule has 0 aromatic rings. The first kappa shape index (κ1) is 14.8. The van der Waals surface area contributed by atoms with Gasteiger partial charge in [0.2, 0.25) is 0 Å². The van der Waals surface area contributed by atoms with E-state index in [-0.39, 0.29) is 0 Å². The Labute approximate surface area is 93.3 Å². The Morgan fingerprint density at radius 3 is 2.20 bits per heavy atom. The summed E-state index contributed by atoms with van der Waals surface area (Å²) < 4.78 is 15.5. The molecule has 1 N–H and O–H groups in total. The van der Waals surface area contributed by atoms with Gasteiger partial charge in [0.25, 0.3) is 0 Å². The monoisotopic (exact) mass is 219 g/mol. The van der Waals surface area contributed by atoms with Crippen LogP contribution in [0.15, 0.2) is 0 Å². The molecule has 0 aromatic heterocycles. The maximum Gasteiger partial charge on any atom is 0.0701 e. The summed E-state index contributed by atoms with van der Waals surface area (Å²) in [6.07, 6.45) is 2.47. The lowest BCUT2D eigenvalue weighted by Gasteiger charge is -2.06. The minimum Gasteiger partial charge on any atom is -0.382 e. The molecule has 0 fully saturated rings. The summed E-state index contributed by atoms with van der Waals surface area (Å²) in [5.41, 5.74) is 0. The fourth-order valence-corrected chi connectivity index (χ4v) is 1.04. The van der Waals surface area contributed by atoms with Crippen molar-refractivity contribution >= 4 is 0 Å². The number of rotatable bonds is 12. The van der Waals surface area contributed by atoms with Gasteiger partial charge in [-0.3, -0.25) is 0 Å². The number of unbranched alkanes of at least 4 members (excludes halogenated alkanes) is 1. The summed E-state index contributed by atoms with van der Waals surface area (Å²) in [5, 5.41) is 3.31. The summed E-state index contributed by atoms with van der Waals surface area (Å²) in [7, 11) is 1.67. The molecular formula is C11H25NO3. The summed E-state index contributed by atoms with van der Waals surface area (Å²) in [5.74, 6) is 0. The summed E-state index contributed by atoms with van der Waals surface area (Å²) in [6.45, 7) is 7.58. The predicted molar refractivity (Wildman–Crippen MR) is 61.3 cm³/mol. The molecule has 0 radical (unpaired) electrons. The van der Waals surface area contributed by atoms with Crippen molar-refractivity contribution in [3.8, 4) is 0 Å². The molecule has 92 valence electrons. The Balaban J connectivity index is 2.81. The molecule has 0 unspecified atom stereocenters. The molecule has 0 aliphatic carbocycles. The average molecular weight is 219 g/mol. The third-order valence-corrected chi connectivity index (χ3v) is 1.93. The van der Waals surface area contributed by atoms with Crippen LogP contribution in [0.2, 0.25) is 0 Å². The number of hydrogen-bond acceptors (Lipinski definition) is 4. The second-order valence-electron chi connectivity index (χ2n) is 3.32. The fraction of sp³-hybridized carbons (Fsp3) is 1.00.